The second-order valence-electron chi connectivity index (χ2n) is 6.48. The lowest BCUT2D eigenvalue weighted by atomic mass is 10.1. The number of hydrogen-bond donors (Lipinski definition) is 1. The summed E-state index contributed by atoms with van der Waals surface area (Å²) in [6, 6.07) is 11.8. The van der Waals surface area contributed by atoms with Crippen LogP contribution in [0.5, 0.6) is 17.2 Å². The lowest BCUT2D eigenvalue weighted by Gasteiger charge is -2.25. The molecule has 0 saturated heterocycles. The van der Waals surface area contributed by atoms with Gasteiger partial charge in [0, 0.05) is 11.6 Å². The van der Waals surface area contributed by atoms with Gasteiger partial charge >= 0.3 is 0 Å². The van der Waals surface area contributed by atoms with E-state index in [4.69, 9.17) is 14.2 Å². The second kappa shape index (κ2) is 8.60. The van der Waals surface area contributed by atoms with Gasteiger partial charge in [0.1, 0.15) is 12.3 Å². The number of nitrogens with one attached hydrogen (secondary N) is 1. The smallest absolute Gasteiger partial charge is 0.241 e. The molecular weight excluding hydrogens is 396 g/mol. The molecule has 0 aliphatic carbocycles. The SMILES string of the molecule is CCS(=O)(=O)N(CC(=O)N[C@H](C)c1ccccc1OC)c1ccc2c(c1)OCO2. The Bertz CT molecular complexity index is 992. The Morgan fingerprint density at radius 1 is 1.21 bits per heavy atom. The van der Waals surface area contributed by atoms with Gasteiger partial charge in [-0.3, -0.25) is 9.10 Å². The van der Waals surface area contributed by atoms with Crippen molar-refractivity contribution >= 4 is 21.6 Å². The highest BCUT2D eigenvalue weighted by Gasteiger charge is 2.26. The Morgan fingerprint density at radius 2 is 1.93 bits per heavy atom. The standard InChI is InChI=1S/C20H24N2O6S/c1-4-29(24,25)22(15-9-10-18-19(11-15)28-13-27-18)12-20(23)21-14(2)16-7-5-6-8-17(16)26-3/h5-11,14H,4,12-13H2,1-3H3,(H,21,23)/t14-/m1/s1. The zero-order valence-corrected chi connectivity index (χ0v) is 17.4. The molecular formula is C20H24N2O6S. The van der Waals surface area contributed by atoms with Crippen LogP contribution in [-0.2, 0) is 14.8 Å². The number of amides is 1. The maximum absolute atomic E-state index is 12.7. The average Bonchev–Trinajstić information content (AvgIpc) is 3.19. The average molecular weight is 420 g/mol. The Morgan fingerprint density at radius 3 is 2.66 bits per heavy atom. The van der Waals surface area contributed by atoms with Crippen molar-refractivity contribution in [1.29, 1.82) is 0 Å². The van der Waals surface area contributed by atoms with Gasteiger partial charge in [-0.1, -0.05) is 18.2 Å². The first-order valence-corrected chi connectivity index (χ1v) is 10.8. The molecule has 2 aromatic carbocycles. The minimum absolute atomic E-state index is 0.0796. The number of nitrogens with zero attached hydrogens (tertiary/aromatic N) is 1. The number of fused-ring (bicyclic) bond motifs is 1. The van der Waals surface area contributed by atoms with E-state index < -0.39 is 15.9 Å². The van der Waals surface area contributed by atoms with E-state index in [-0.39, 0.29) is 25.1 Å². The molecule has 0 spiro atoms. The third-order valence-corrected chi connectivity index (χ3v) is 6.36. The van der Waals surface area contributed by atoms with Crippen molar-refractivity contribution in [2.75, 3.05) is 30.5 Å². The summed E-state index contributed by atoms with van der Waals surface area (Å²) < 4.78 is 42.3. The number of ether oxygens (including phenoxy) is 3. The van der Waals surface area contributed by atoms with Gasteiger partial charge in [-0.2, -0.15) is 0 Å². The van der Waals surface area contributed by atoms with Crippen molar-refractivity contribution in [2.45, 2.75) is 19.9 Å². The van der Waals surface area contributed by atoms with E-state index in [0.717, 1.165) is 9.87 Å². The number of carbonyl (C=O) groups is 1. The Labute approximate surface area is 170 Å². The first-order valence-electron chi connectivity index (χ1n) is 9.18. The third kappa shape index (κ3) is 4.56. The maximum Gasteiger partial charge on any atom is 0.241 e. The molecule has 156 valence electrons. The molecule has 0 saturated carbocycles. The summed E-state index contributed by atoms with van der Waals surface area (Å²) in [5.41, 5.74) is 1.15. The van der Waals surface area contributed by atoms with E-state index in [1.165, 1.54) is 6.92 Å². The van der Waals surface area contributed by atoms with Crippen LogP contribution in [0.4, 0.5) is 5.69 Å². The van der Waals surface area contributed by atoms with Crippen molar-refractivity contribution in [2.24, 2.45) is 0 Å². The molecule has 1 N–H and O–H groups in total. The van der Waals surface area contributed by atoms with E-state index in [0.29, 0.717) is 22.9 Å². The predicted molar refractivity (Wildman–Crippen MR) is 109 cm³/mol. The van der Waals surface area contributed by atoms with Crippen LogP contribution < -0.4 is 23.8 Å². The van der Waals surface area contributed by atoms with Gasteiger partial charge in [0.15, 0.2) is 11.5 Å². The van der Waals surface area contributed by atoms with Gasteiger partial charge in [-0.25, -0.2) is 8.42 Å². The van der Waals surface area contributed by atoms with Gasteiger partial charge in [-0.15, -0.1) is 0 Å². The van der Waals surface area contributed by atoms with Crippen LogP contribution in [0.25, 0.3) is 0 Å². The van der Waals surface area contributed by atoms with E-state index >= 15 is 0 Å². The van der Waals surface area contributed by atoms with Gasteiger partial charge in [0.05, 0.1) is 24.6 Å². The molecule has 1 aliphatic rings. The van der Waals surface area contributed by atoms with E-state index in [2.05, 4.69) is 5.32 Å². The summed E-state index contributed by atoms with van der Waals surface area (Å²) in [6.07, 6.45) is 0. The lowest BCUT2D eigenvalue weighted by molar-refractivity contribution is -0.120. The first kappa shape index (κ1) is 20.8. The predicted octanol–water partition coefficient (Wildman–Crippen LogP) is 2.46. The molecule has 0 fully saturated rings. The maximum atomic E-state index is 12.7. The molecule has 0 bridgehead atoms. The summed E-state index contributed by atoms with van der Waals surface area (Å²) in [5.74, 6) is 1.06. The van der Waals surface area contributed by atoms with Crippen LogP contribution in [0.1, 0.15) is 25.5 Å². The fourth-order valence-corrected chi connectivity index (χ4v) is 4.13. The molecule has 1 atom stereocenters. The number of methoxy groups -OCH3 is 1. The van der Waals surface area contributed by atoms with Gasteiger partial charge in [-0.05, 0) is 32.0 Å². The van der Waals surface area contributed by atoms with E-state index in [1.807, 2.05) is 25.1 Å². The summed E-state index contributed by atoms with van der Waals surface area (Å²) in [6.45, 7) is 3.07. The molecule has 8 nitrogen and oxygen atoms in total. The minimum atomic E-state index is -3.69. The van der Waals surface area contributed by atoms with Gasteiger partial charge in [0.2, 0.25) is 22.7 Å². The number of para-hydroxylation sites is 1. The zero-order valence-electron chi connectivity index (χ0n) is 16.5. The number of benzene rings is 2. The largest absolute Gasteiger partial charge is 0.496 e. The molecule has 29 heavy (non-hydrogen) atoms. The molecule has 2 aromatic rings. The van der Waals surface area contributed by atoms with Crippen LogP contribution in [0.3, 0.4) is 0 Å². The molecule has 1 aliphatic heterocycles. The van der Waals surface area contributed by atoms with Crippen molar-refractivity contribution in [3.8, 4) is 17.2 Å². The number of carbonyl (C=O) groups excluding carboxylic acids is 1. The molecule has 0 unspecified atom stereocenters. The third-order valence-electron chi connectivity index (χ3n) is 4.61. The van der Waals surface area contributed by atoms with Crippen LogP contribution in [0.15, 0.2) is 42.5 Å². The van der Waals surface area contributed by atoms with Crippen LogP contribution in [-0.4, -0.2) is 40.5 Å². The first-order chi connectivity index (χ1) is 13.9. The van der Waals surface area contributed by atoms with Crippen molar-refractivity contribution in [3.05, 3.63) is 48.0 Å². The van der Waals surface area contributed by atoms with Gasteiger partial charge in [0.25, 0.3) is 0 Å². The van der Waals surface area contributed by atoms with E-state index in [9.17, 15) is 13.2 Å². The quantitative estimate of drug-likeness (QED) is 0.705. The Balaban J connectivity index is 1.80. The normalized spacial score (nSPS) is 13.6. The summed E-state index contributed by atoms with van der Waals surface area (Å²) in [7, 11) is -2.13. The number of hydrogen-bond acceptors (Lipinski definition) is 6. The van der Waals surface area contributed by atoms with Crippen LogP contribution >= 0.6 is 0 Å². The summed E-state index contributed by atoms with van der Waals surface area (Å²) in [4.78, 5) is 12.7. The Kier molecular flexibility index (Phi) is 6.17. The topological polar surface area (TPSA) is 94.2 Å². The monoisotopic (exact) mass is 420 g/mol. The molecule has 1 amide bonds. The Hall–Kier alpha value is -2.94. The van der Waals surface area contributed by atoms with Crippen molar-refractivity contribution < 1.29 is 27.4 Å². The molecule has 1 heterocycles. The fraction of sp³-hybridized carbons (Fsp3) is 0.350. The summed E-state index contributed by atoms with van der Waals surface area (Å²) >= 11 is 0. The van der Waals surface area contributed by atoms with Crippen LogP contribution in [0, 0.1) is 0 Å². The van der Waals surface area contributed by atoms with Crippen molar-refractivity contribution in [1.82, 2.24) is 5.32 Å². The number of rotatable bonds is 8. The molecule has 3 rings (SSSR count). The lowest BCUT2D eigenvalue weighted by Crippen LogP contribution is -2.42. The number of sulfonamides is 1. The molecule has 0 aromatic heterocycles. The number of anilines is 1. The van der Waals surface area contributed by atoms with Gasteiger partial charge < -0.3 is 19.5 Å². The van der Waals surface area contributed by atoms with Crippen molar-refractivity contribution in [3.63, 3.8) is 0 Å². The zero-order chi connectivity index (χ0) is 21.0. The molecule has 0 radical (unpaired) electrons. The van der Waals surface area contributed by atoms with E-state index in [1.54, 1.807) is 31.4 Å². The highest BCUT2D eigenvalue weighted by Crippen LogP contribution is 2.36. The summed E-state index contributed by atoms with van der Waals surface area (Å²) in [5, 5.41) is 2.84. The van der Waals surface area contributed by atoms with Crippen LogP contribution in [0.2, 0.25) is 0 Å². The second-order valence-corrected chi connectivity index (χ2v) is 8.66. The molecule has 9 heteroatoms. The fourth-order valence-electron chi connectivity index (χ4n) is 3.07. The highest BCUT2D eigenvalue weighted by molar-refractivity contribution is 7.92. The highest BCUT2D eigenvalue weighted by atomic mass is 32.2. The minimum Gasteiger partial charge on any atom is -0.496 e.